The Balaban J connectivity index is 2.90. The number of nitrogens with zero attached hydrogens (tertiary/aromatic N) is 4. The predicted molar refractivity (Wildman–Crippen MR) is 53.8 cm³/mol. The average Bonchev–Trinajstić information content (AvgIpc) is 2.56. The fraction of sp³-hybridized carbons (Fsp3) is 0. The van der Waals surface area contributed by atoms with E-state index in [1.807, 2.05) is 0 Å². The van der Waals surface area contributed by atoms with E-state index in [4.69, 9.17) is 11.6 Å². The van der Waals surface area contributed by atoms with Crippen LogP contribution in [0.15, 0.2) is 18.2 Å². The molecule has 82 valence electrons. The van der Waals surface area contributed by atoms with Crippen LogP contribution in [0, 0.1) is 20.2 Å². The van der Waals surface area contributed by atoms with Crippen molar-refractivity contribution in [2.45, 2.75) is 0 Å². The number of benzene rings is 1. The summed E-state index contributed by atoms with van der Waals surface area (Å²) >= 11 is 5.63. The first-order valence-corrected chi connectivity index (χ1v) is 4.36. The van der Waals surface area contributed by atoms with Gasteiger partial charge in [0, 0.05) is 10.9 Å². The molecule has 0 aliphatic carbocycles. The van der Waals surface area contributed by atoms with Crippen LogP contribution in [0.25, 0.3) is 10.9 Å². The Hall–Kier alpha value is -2.22. The molecule has 1 aromatic carbocycles. The molecule has 2 rings (SSSR count). The van der Waals surface area contributed by atoms with Gasteiger partial charge in [0.05, 0.1) is 15.1 Å². The molecule has 0 radical (unpaired) electrons. The Kier molecular flexibility index (Phi) is 2.20. The molecule has 0 aliphatic heterocycles. The zero-order chi connectivity index (χ0) is 11.9. The van der Waals surface area contributed by atoms with Gasteiger partial charge in [0.1, 0.15) is 5.39 Å². The van der Waals surface area contributed by atoms with E-state index in [9.17, 15) is 20.2 Å². The van der Waals surface area contributed by atoms with Crippen molar-refractivity contribution in [1.82, 2.24) is 9.89 Å². The SMILES string of the molecule is O=[N+]([O-])c1cccc2c1c(Cl)nn2[N+](=O)[O-]. The molecule has 0 aliphatic rings. The number of fused-ring (bicyclic) bond motifs is 1. The Morgan fingerprint density at radius 1 is 1.31 bits per heavy atom. The van der Waals surface area contributed by atoms with Crippen molar-refractivity contribution in [3.05, 3.63) is 43.6 Å². The molecule has 0 amide bonds. The molecular weight excluding hydrogens is 240 g/mol. The van der Waals surface area contributed by atoms with Crippen LogP contribution in [-0.2, 0) is 0 Å². The normalized spacial score (nSPS) is 10.6. The van der Waals surface area contributed by atoms with Crippen molar-refractivity contribution < 1.29 is 9.96 Å². The van der Waals surface area contributed by atoms with Gasteiger partial charge in [0.25, 0.3) is 10.8 Å². The number of nitro benzene ring substituents is 1. The molecule has 2 aromatic rings. The van der Waals surface area contributed by atoms with Gasteiger partial charge in [-0.15, -0.1) is 0 Å². The molecule has 0 saturated carbocycles. The monoisotopic (exact) mass is 242 g/mol. The predicted octanol–water partition coefficient (Wildman–Crippen LogP) is 1.64. The molecule has 0 bridgehead atoms. The fourth-order valence-corrected chi connectivity index (χ4v) is 1.64. The van der Waals surface area contributed by atoms with Gasteiger partial charge in [-0.2, -0.15) is 0 Å². The largest absolute Gasteiger partial charge is 0.339 e. The zero-order valence-corrected chi connectivity index (χ0v) is 8.29. The topological polar surface area (TPSA) is 104 Å². The van der Waals surface area contributed by atoms with Gasteiger partial charge in [0.2, 0.25) is 0 Å². The lowest BCUT2D eigenvalue weighted by atomic mass is 10.2. The van der Waals surface area contributed by atoms with E-state index in [2.05, 4.69) is 5.10 Å². The summed E-state index contributed by atoms with van der Waals surface area (Å²) in [5.41, 5.74) is -0.320. The van der Waals surface area contributed by atoms with Crippen LogP contribution >= 0.6 is 11.6 Å². The van der Waals surface area contributed by atoms with Gasteiger partial charge < -0.3 is 10.1 Å². The molecule has 9 heteroatoms. The lowest BCUT2D eigenvalue weighted by Crippen LogP contribution is -2.09. The third kappa shape index (κ3) is 1.36. The average molecular weight is 243 g/mol. The number of aromatic nitrogens is 2. The first-order valence-electron chi connectivity index (χ1n) is 3.98. The lowest BCUT2D eigenvalue weighted by Gasteiger charge is -1.94. The maximum atomic E-state index is 10.7. The van der Waals surface area contributed by atoms with E-state index >= 15 is 0 Å². The van der Waals surface area contributed by atoms with E-state index < -0.39 is 9.96 Å². The van der Waals surface area contributed by atoms with Crippen molar-refractivity contribution in [3.63, 3.8) is 0 Å². The maximum absolute atomic E-state index is 10.7. The molecule has 1 heterocycles. The van der Waals surface area contributed by atoms with Crippen molar-refractivity contribution in [2.24, 2.45) is 0 Å². The Morgan fingerprint density at radius 3 is 2.56 bits per heavy atom. The van der Waals surface area contributed by atoms with Crippen LogP contribution in [0.1, 0.15) is 0 Å². The zero-order valence-electron chi connectivity index (χ0n) is 7.53. The van der Waals surface area contributed by atoms with E-state index in [0.717, 1.165) is 0 Å². The number of rotatable bonds is 2. The van der Waals surface area contributed by atoms with Gasteiger partial charge in [-0.1, -0.05) is 6.07 Å². The first-order chi connectivity index (χ1) is 7.52. The van der Waals surface area contributed by atoms with Gasteiger partial charge in [0.15, 0.2) is 5.52 Å². The third-order valence-electron chi connectivity index (χ3n) is 1.98. The van der Waals surface area contributed by atoms with E-state index in [-0.39, 0.29) is 21.7 Å². The summed E-state index contributed by atoms with van der Waals surface area (Å²) in [6, 6.07) is 3.88. The second kappa shape index (κ2) is 3.42. The highest BCUT2D eigenvalue weighted by Crippen LogP contribution is 2.31. The minimum atomic E-state index is -0.808. The number of halogens is 1. The highest BCUT2D eigenvalue weighted by Gasteiger charge is 2.26. The Labute approximate surface area is 92.3 Å². The molecule has 8 nitrogen and oxygen atoms in total. The second-order valence-corrected chi connectivity index (χ2v) is 3.20. The fourth-order valence-electron chi connectivity index (χ4n) is 1.37. The molecule has 0 fully saturated rings. The summed E-state index contributed by atoms with van der Waals surface area (Å²) in [7, 11) is 0. The quantitative estimate of drug-likeness (QED) is 0.588. The number of non-ortho nitro benzene ring substituents is 1. The third-order valence-corrected chi connectivity index (χ3v) is 2.24. The second-order valence-electron chi connectivity index (χ2n) is 2.85. The Bertz CT molecular complexity index is 608. The molecular formula is C7H3ClN4O4. The first kappa shape index (κ1) is 10.3. The highest BCUT2D eigenvalue weighted by atomic mass is 35.5. The highest BCUT2D eigenvalue weighted by molar-refractivity contribution is 6.35. The van der Waals surface area contributed by atoms with Crippen LogP contribution < -0.4 is 0 Å². The van der Waals surface area contributed by atoms with Crippen LogP contribution in [0.4, 0.5) is 5.69 Å². The smallest absolute Gasteiger partial charge is 0.284 e. The summed E-state index contributed by atoms with van der Waals surface area (Å²) in [4.78, 5) is 21.0. The maximum Gasteiger partial charge on any atom is 0.284 e. The van der Waals surface area contributed by atoms with Gasteiger partial charge >= 0.3 is 0 Å². The van der Waals surface area contributed by atoms with Crippen LogP contribution in [0.3, 0.4) is 0 Å². The molecule has 0 spiro atoms. The Morgan fingerprint density at radius 2 is 2.00 bits per heavy atom. The van der Waals surface area contributed by atoms with E-state index in [0.29, 0.717) is 4.79 Å². The minimum Gasteiger partial charge on any atom is -0.339 e. The molecule has 0 atom stereocenters. The van der Waals surface area contributed by atoms with Crippen molar-refractivity contribution in [1.29, 1.82) is 0 Å². The summed E-state index contributed by atoms with van der Waals surface area (Å²) in [5, 5.41) is 23.6. The number of nitro groups is 2. The van der Waals surface area contributed by atoms with Gasteiger partial charge in [-0.05, 0) is 17.7 Å². The van der Waals surface area contributed by atoms with Crippen molar-refractivity contribution in [3.8, 4) is 0 Å². The van der Waals surface area contributed by atoms with E-state index in [1.54, 1.807) is 0 Å². The summed E-state index contributed by atoms with van der Waals surface area (Å²) < 4.78 is 0. The van der Waals surface area contributed by atoms with Gasteiger partial charge in [-0.3, -0.25) is 10.1 Å². The van der Waals surface area contributed by atoms with Gasteiger partial charge in [-0.25, -0.2) is 0 Å². The standard InChI is InChI=1S/C7H3ClN4O4/c8-7-6-4(10(9-7)12(15)16)2-1-3-5(6)11(13)14/h1-3H. The molecule has 16 heavy (non-hydrogen) atoms. The van der Waals surface area contributed by atoms with Crippen molar-refractivity contribution >= 4 is 28.2 Å². The van der Waals surface area contributed by atoms with Crippen LogP contribution in [0.5, 0.6) is 0 Å². The summed E-state index contributed by atoms with van der Waals surface area (Å²) in [6.07, 6.45) is 0. The number of hydrogen-bond donors (Lipinski definition) is 0. The molecule has 0 N–H and O–H groups in total. The molecule has 0 unspecified atom stereocenters. The lowest BCUT2D eigenvalue weighted by molar-refractivity contribution is -0.548. The minimum absolute atomic E-state index is 0.01000. The van der Waals surface area contributed by atoms with Crippen LogP contribution in [-0.4, -0.2) is 19.8 Å². The molecule has 1 aromatic heterocycles. The summed E-state index contributed by atoms with van der Waals surface area (Å²) in [5.74, 6) is 0. The van der Waals surface area contributed by atoms with Crippen molar-refractivity contribution in [2.75, 3.05) is 0 Å². The summed E-state index contributed by atoms with van der Waals surface area (Å²) in [6.45, 7) is 0. The van der Waals surface area contributed by atoms with E-state index in [1.165, 1.54) is 18.2 Å². The van der Waals surface area contributed by atoms with Crippen LogP contribution in [0.2, 0.25) is 5.15 Å². The number of hydrogen-bond acceptors (Lipinski definition) is 5. The molecule has 0 saturated heterocycles.